The summed E-state index contributed by atoms with van der Waals surface area (Å²) in [7, 11) is 0. The van der Waals surface area contributed by atoms with Gasteiger partial charge in [-0.3, -0.25) is 9.89 Å². The molecule has 2 rings (SSSR count). The van der Waals surface area contributed by atoms with Gasteiger partial charge < -0.3 is 5.32 Å². The predicted octanol–water partition coefficient (Wildman–Crippen LogP) is 2.24. The average Bonchev–Trinajstić information content (AvgIpc) is 2.84. The molecule has 0 aliphatic carbocycles. The number of benzene rings is 1. The lowest BCUT2D eigenvalue weighted by Gasteiger charge is -2.03. The van der Waals surface area contributed by atoms with Crippen LogP contribution in [0.15, 0.2) is 29.4 Å². The molecule has 0 saturated heterocycles. The van der Waals surface area contributed by atoms with Crippen LogP contribution in [0.4, 0.5) is 10.1 Å². The molecule has 0 atom stereocenters. The number of aromatic amines is 1. The SMILES string of the molecule is CCc1nc(SCC(=O)Nc2cccc(F)c2)n[nH]1. The maximum absolute atomic E-state index is 12.9. The van der Waals surface area contributed by atoms with Crippen molar-refractivity contribution in [3.05, 3.63) is 35.9 Å². The number of hydrogen-bond donors (Lipinski definition) is 2. The zero-order chi connectivity index (χ0) is 13.7. The van der Waals surface area contributed by atoms with Gasteiger partial charge in [-0.05, 0) is 18.2 Å². The van der Waals surface area contributed by atoms with Crippen molar-refractivity contribution in [2.24, 2.45) is 0 Å². The molecule has 7 heteroatoms. The molecule has 0 unspecified atom stereocenters. The van der Waals surface area contributed by atoms with Crippen LogP contribution in [0.5, 0.6) is 0 Å². The van der Waals surface area contributed by atoms with Crippen LogP contribution >= 0.6 is 11.8 Å². The van der Waals surface area contributed by atoms with E-state index in [1.807, 2.05) is 6.92 Å². The van der Waals surface area contributed by atoms with Gasteiger partial charge in [-0.25, -0.2) is 9.37 Å². The van der Waals surface area contributed by atoms with E-state index in [0.29, 0.717) is 10.8 Å². The molecule has 19 heavy (non-hydrogen) atoms. The van der Waals surface area contributed by atoms with E-state index in [4.69, 9.17) is 0 Å². The molecule has 0 aliphatic heterocycles. The third kappa shape index (κ3) is 4.06. The van der Waals surface area contributed by atoms with Gasteiger partial charge >= 0.3 is 0 Å². The molecular formula is C12H13FN4OS. The van der Waals surface area contributed by atoms with Gasteiger partial charge in [-0.1, -0.05) is 24.8 Å². The van der Waals surface area contributed by atoms with Crippen molar-refractivity contribution in [2.45, 2.75) is 18.5 Å². The molecule has 2 N–H and O–H groups in total. The molecule has 1 heterocycles. The van der Waals surface area contributed by atoms with Crippen molar-refractivity contribution in [3.63, 3.8) is 0 Å². The zero-order valence-electron chi connectivity index (χ0n) is 10.3. The van der Waals surface area contributed by atoms with Gasteiger partial charge in [0.25, 0.3) is 0 Å². The normalized spacial score (nSPS) is 10.4. The van der Waals surface area contributed by atoms with Crippen molar-refractivity contribution in [2.75, 3.05) is 11.1 Å². The molecule has 0 spiro atoms. The Morgan fingerprint density at radius 3 is 3.05 bits per heavy atom. The fourth-order valence-corrected chi connectivity index (χ4v) is 2.01. The molecule has 5 nitrogen and oxygen atoms in total. The Bertz CT molecular complexity index is 572. The number of carbonyl (C=O) groups excluding carboxylic acids is 1. The Kier molecular flexibility index (Phi) is 4.51. The molecule has 0 radical (unpaired) electrons. The first kappa shape index (κ1) is 13.5. The third-order valence-corrected chi connectivity index (χ3v) is 3.13. The van der Waals surface area contributed by atoms with Crippen LogP contribution in [0.1, 0.15) is 12.7 Å². The number of nitrogens with zero attached hydrogens (tertiary/aromatic N) is 2. The molecule has 0 fully saturated rings. The number of thioether (sulfide) groups is 1. The number of aromatic nitrogens is 3. The summed E-state index contributed by atoms with van der Waals surface area (Å²) in [6.07, 6.45) is 0.767. The fourth-order valence-electron chi connectivity index (χ4n) is 1.39. The number of nitrogens with one attached hydrogen (secondary N) is 2. The summed E-state index contributed by atoms with van der Waals surface area (Å²) >= 11 is 1.23. The maximum atomic E-state index is 12.9. The van der Waals surface area contributed by atoms with Crippen LogP contribution in [-0.4, -0.2) is 26.8 Å². The van der Waals surface area contributed by atoms with Crippen molar-refractivity contribution >= 4 is 23.4 Å². The van der Waals surface area contributed by atoms with Gasteiger partial charge in [0.15, 0.2) is 0 Å². The Morgan fingerprint density at radius 1 is 1.53 bits per heavy atom. The second-order valence-corrected chi connectivity index (χ2v) is 4.71. The first-order valence-electron chi connectivity index (χ1n) is 5.77. The highest BCUT2D eigenvalue weighted by Gasteiger charge is 2.07. The van der Waals surface area contributed by atoms with Gasteiger partial charge in [0.05, 0.1) is 5.75 Å². The molecule has 1 aromatic carbocycles. The minimum atomic E-state index is -0.382. The van der Waals surface area contributed by atoms with Gasteiger partial charge in [0.2, 0.25) is 11.1 Å². The smallest absolute Gasteiger partial charge is 0.234 e. The second kappa shape index (κ2) is 6.33. The summed E-state index contributed by atoms with van der Waals surface area (Å²) < 4.78 is 12.9. The van der Waals surface area contributed by atoms with Crippen LogP contribution in [-0.2, 0) is 11.2 Å². The lowest BCUT2D eigenvalue weighted by molar-refractivity contribution is -0.113. The van der Waals surface area contributed by atoms with Crippen LogP contribution in [0.2, 0.25) is 0 Å². The van der Waals surface area contributed by atoms with E-state index in [-0.39, 0.29) is 17.5 Å². The number of rotatable bonds is 5. The average molecular weight is 280 g/mol. The highest BCUT2D eigenvalue weighted by Crippen LogP contribution is 2.14. The van der Waals surface area contributed by atoms with E-state index in [1.54, 1.807) is 12.1 Å². The number of anilines is 1. The molecule has 2 aromatic rings. The van der Waals surface area contributed by atoms with E-state index in [1.165, 1.54) is 23.9 Å². The summed E-state index contributed by atoms with van der Waals surface area (Å²) in [5.74, 6) is 0.357. The van der Waals surface area contributed by atoms with Gasteiger partial charge in [-0.15, -0.1) is 5.10 Å². The largest absolute Gasteiger partial charge is 0.325 e. The molecule has 0 bridgehead atoms. The Morgan fingerprint density at radius 2 is 2.37 bits per heavy atom. The minimum Gasteiger partial charge on any atom is -0.325 e. The number of aryl methyl sites for hydroxylation is 1. The number of carbonyl (C=O) groups is 1. The van der Waals surface area contributed by atoms with E-state index < -0.39 is 0 Å². The highest BCUT2D eigenvalue weighted by atomic mass is 32.2. The number of H-pyrrole nitrogens is 1. The second-order valence-electron chi connectivity index (χ2n) is 3.77. The monoisotopic (exact) mass is 280 g/mol. The van der Waals surface area contributed by atoms with Crippen molar-refractivity contribution in [1.82, 2.24) is 15.2 Å². The van der Waals surface area contributed by atoms with Crippen LogP contribution < -0.4 is 5.32 Å². The van der Waals surface area contributed by atoms with E-state index in [0.717, 1.165) is 12.2 Å². The summed E-state index contributed by atoms with van der Waals surface area (Å²) in [5, 5.41) is 9.88. The molecule has 0 saturated carbocycles. The topological polar surface area (TPSA) is 70.7 Å². The Hall–Kier alpha value is -1.89. The standard InChI is InChI=1S/C12H13FN4OS/c1-2-10-15-12(17-16-10)19-7-11(18)14-9-5-3-4-8(13)6-9/h3-6H,2,7H2,1H3,(H,14,18)(H,15,16,17). The van der Waals surface area contributed by atoms with Crippen molar-refractivity contribution in [3.8, 4) is 0 Å². The van der Waals surface area contributed by atoms with Crippen LogP contribution in [0.25, 0.3) is 0 Å². The van der Waals surface area contributed by atoms with Gasteiger partial charge in [-0.2, -0.15) is 0 Å². The third-order valence-electron chi connectivity index (χ3n) is 2.29. The zero-order valence-corrected chi connectivity index (χ0v) is 11.1. The maximum Gasteiger partial charge on any atom is 0.234 e. The lowest BCUT2D eigenvalue weighted by Crippen LogP contribution is -2.14. The van der Waals surface area contributed by atoms with Crippen LogP contribution in [0, 0.1) is 5.82 Å². The van der Waals surface area contributed by atoms with Crippen LogP contribution in [0.3, 0.4) is 0 Å². The Labute approximate surface area is 114 Å². The fraction of sp³-hybridized carbons (Fsp3) is 0.250. The molecule has 1 amide bonds. The van der Waals surface area contributed by atoms with Gasteiger partial charge in [0.1, 0.15) is 11.6 Å². The van der Waals surface area contributed by atoms with Crippen molar-refractivity contribution < 1.29 is 9.18 Å². The lowest BCUT2D eigenvalue weighted by atomic mass is 10.3. The molecule has 1 aromatic heterocycles. The number of amides is 1. The minimum absolute atomic E-state index is 0.178. The summed E-state index contributed by atoms with van der Waals surface area (Å²) in [6.45, 7) is 1.96. The first-order chi connectivity index (χ1) is 9.17. The summed E-state index contributed by atoms with van der Waals surface area (Å²) in [6, 6.07) is 5.77. The quantitative estimate of drug-likeness (QED) is 0.824. The van der Waals surface area contributed by atoms with E-state index in [9.17, 15) is 9.18 Å². The Balaban J connectivity index is 1.84. The molecular weight excluding hydrogens is 267 g/mol. The molecule has 100 valence electrons. The summed E-state index contributed by atoms with van der Waals surface area (Å²) in [5.41, 5.74) is 0.440. The number of halogens is 1. The summed E-state index contributed by atoms with van der Waals surface area (Å²) in [4.78, 5) is 15.8. The van der Waals surface area contributed by atoms with Crippen molar-refractivity contribution in [1.29, 1.82) is 0 Å². The predicted molar refractivity (Wildman–Crippen MR) is 71.5 cm³/mol. The number of hydrogen-bond acceptors (Lipinski definition) is 4. The van der Waals surface area contributed by atoms with E-state index in [2.05, 4.69) is 20.5 Å². The highest BCUT2D eigenvalue weighted by molar-refractivity contribution is 7.99. The first-order valence-corrected chi connectivity index (χ1v) is 6.75. The van der Waals surface area contributed by atoms with Gasteiger partial charge in [0, 0.05) is 12.1 Å². The van der Waals surface area contributed by atoms with E-state index >= 15 is 0 Å². The molecule has 0 aliphatic rings.